The van der Waals surface area contributed by atoms with Crippen LogP contribution < -0.4 is 10.2 Å². The average molecular weight is 289 g/mol. The van der Waals surface area contributed by atoms with E-state index in [9.17, 15) is 4.79 Å². The van der Waals surface area contributed by atoms with Gasteiger partial charge in [-0.15, -0.1) is 0 Å². The summed E-state index contributed by atoms with van der Waals surface area (Å²) in [7, 11) is 0. The molecular weight excluding hydrogens is 262 g/mol. The van der Waals surface area contributed by atoms with Crippen molar-refractivity contribution in [3.63, 3.8) is 0 Å². The Morgan fingerprint density at radius 1 is 1.24 bits per heavy atom. The van der Waals surface area contributed by atoms with Crippen LogP contribution in [0.25, 0.3) is 0 Å². The largest absolute Gasteiger partial charge is 0.369 e. The Morgan fingerprint density at radius 2 is 2.05 bits per heavy atom. The second-order valence-corrected chi connectivity index (χ2v) is 5.75. The van der Waals surface area contributed by atoms with E-state index in [1.807, 2.05) is 4.90 Å². The quantitative estimate of drug-likeness (QED) is 0.922. The highest BCUT2D eigenvalue weighted by atomic mass is 16.2. The van der Waals surface area contributed by atoms with Crippen molar-refractivity contribution in [3.8, 4) is 0 Å². The van der Waals surface area contributed by atoms with Crippen molar-refractivity contribution in [1.29, 1.82) is 0 Å². The highest BCUT2D eigenvalue weighted by Gasteiger charge is 2.17. The van der Waals surface area contributed by atoms with Gasteiger partial charge in [0.15, 0.2) is 0 Å². The first kappa shape index (κ1) is 15.8. The molecule has 116 valence electrons. The fourth-order valence-corrected chi connectivity index (χ4v) is 2.92. The number of rotatable bonds is 4. The van der Waals surface area contributed by atoms with Crippen LogP contribution in [0.1, 0.15) is 31.4 Å². The summed E-state index contributed by atoms with van der Waals surface area (Å²) in [6.07, 6.45) is 1.04. The normalized spacial score (nSPS) is 16.0. The number of carbonyl (C=O) groups excluding carboxylic acids is 1. The van der Waals surface area contributed by atoms with Gasteiger partial charge < -0.3 is 15.1 Å². The molecule has 0 spiro atoms. The van der Waals surface area contributed by atoms with Gasteiger partial charge in [0, 0.05) is 45.3 Å². The van der Waals surface area contributed by atoms with Gasteiger partial charge in [0.05, 0.1) is 0 Å². The van der Waals surface area contributed by atoms with Gasteiger partial charge in [-0.3, -0.25) is 4.79 Å². The maximum atomic E-state index is 11.5. The van der Waals surface area contributed by atoms with E-state index in [1.54, 1.807) is 6.92 Å². The van der Waals surface area contributed by atoms with Crippen LogP contribution in [0.2, 0.25) is 0 Å². The number of nitrogens with one attached hydrogen (secondary N) is 1. The van der Waals surface area contributed by atoms with E-state index >= 15 is 0 Å². The maximum absolute atomic E-state index is 11.5. The van der Waals surface area contributed by atoms with Gasteiger partial charge in [-0.1, -0.05) is 19.1 Å². The molecule has 0 saturated carbocycles. The molecule has 0 unspecified atom stereocenters. The third-order valence-corrected chi connectivity index (χ3v) is 4.12. The molecule has 0 aromatic heterocycles. The highest BCUT2D eigenvalue weighted by Crippen LogP contribution is 2.22. The minimum Gasteiger partial charge on any atom is -0.369 e. The van der Waals surface area contributed by atoms with Crippen LogP contribution in [0.15, 0.2) is 18.2 Å². The van der Waals surface area contributed by atoms with Crippen molar-refractivity contribution in [2.24, 2.45) is 0 Å². The molecule has 0 atom stereocenters. The molecule has 4 heteroatoms. The number of carbonyl (C=O) groups is 1. The standard InChI is InChI=1S/C17H27N3O/c1-4-18-13-16-6-7-17(14(2)12-16)20-9-5-8-19(10-11-20)15(3)21/h6-7,12,18H,4-5,8-11,13H2,1-3H3. The van der Waals surface area contributed by atoms with Crippen molar-refractivity contribution in [2.45, 2.75) is 33.7 Å². The van der Waals surface area contributed by atoms with E-state index < -0.39 is 0 Å². The lowest BCUT2D eigenvalue weighted by atomic mass is 10.1. The Hall–Kier alpha value is -1.55. The molecule has 1 aliphatic heterocycles. The molecule has 1 amide bonds. The average Bonchev–Trinajstić information content (AvgIpc) is 2.71. The van der Waals surface area contributed by atoms with Crippen molar-refractivity contribution < 1.29 is 4.79 Å². The van der Waals surface area contributed by atoms with Crippen molar-refractivity contribution in [2.75, 3.05) is 37.6 Å². The van der Waals surface area contributed by atoms with Crippen LogP contribution in [0.4, 0.5) is 5.69 Å². The summed E-state index contributed by atoms with van der Waals surface area (Å²) in [6, 6.07) is 6.70. The molecule has 1 fully saturated rings. The molecule has 1 saturated heterocycles. The maximum Gasteiger partial charge on any atom is 0.219 e. The molecule has 2 rings (SSSR count). The van der Waals surface area contributed by atoms with Gasteiger partial charge >= 0.3 is 0 Å². The predicted molar refractivity (Wildman–Crippen MR) is 87.6 cm³/mol. The van der Waals surface area contributed by atoms with Crippen LogP contribution in [-0.2, 0) is 11.3 Å². The van der Waals surface area contributed by atoms with Crippen LogP contribution >= 0.6 is 0 Å². The number of hydrogen-bond acceptors (Lipinski definition) is 3. The molecule has 1 aliphatic rings. The van der Waals surface area contributed by atoms with Gasteiger partial charge in [-0.05, 0) is 37.1 Å². The first-order valence-corrected chi connectivity index (χ1v) is 7.92. The van der Waals surface area contributed by atoms with E-state index in [4.69, 9.17) is 0 Å². The molecule has 21 heavy (non-hydrogen) atoms. The minimum absolute atomic E-state index is 0.189. The first-order valence-electron chi connectivity index (χ1n) is 7.92. The Kier molecular flexibility index (Phi) is 5.62. The number of nitrogens with zero attached hydrogens (tertiary/aromatic N) is 2. The molecule has 0 bridgehead atoms. The summed E-state index contributed by atoms with van der Waals surface area (Å²) in [4.78, 5) is 15.9. The van der Waals surface area contributed by atoms with Gasteiger partial charge in [0.2, 0.25) is 5.91 Å². The zero-order valence-electron chi connectivity index (χ0n) is 13.5. The minimum atomic E-state index is 0.189. The Balaban J connectivity index is 2.05. The second-order valence-electron chi connectivity index (χ2n) is 5.75. The molecule has 0 radical (unpaired) electrons. The Morgan fingerprint density at radius 3 is 2.71 bits per heavy atom. The van der Waals surface area contributed by atoms with Crippen LogP contribution in [0, 0.1) is 6.92 Å². The van der Waals surface area contributed by atoms with E-state index in [1.165, 1.54) is 16.8 Å². The summed E-state index contributed by atoms with van der Waals surface area (Å²) < 4.78 is 0. The monoisotopic (exact) mass is 289 g/mol. The summed E-state index contributed by atoms with van der Waals surface area (Å²) >= 11 is 0. The number of amides is 1. The van der Waals surface area contributed by atoms with Crippen molar-refractivity contribution in [3.05, 3.63) is 29.3 Å². The van der Waals surface area contributed by atoms with E-state index in [0.717, 1.165) is 45.7 Å². The number of aryl methyl sites for hydroxylation is 1. The fourth-order valence-electron chi connectivity index (χ4n) is 2.92. The molecule has 1 heterocycles. The lowest BCUT2D eigenvalue weighted by Crippen LogP contribution is -2.33. The van der Waals surface area contributed by atoms with Crippen LogP contribution in [0.5, 0.6) is 0 Å². The van der Waals surface area contributed by atoms with E-state index in [2.05, 4.69) is 42.3 Å². The third-order valence-electron chi connectivity index (χ3n) is 4.12. The topological polar surface area (TPSA) is 35.6 Å². The molecule has 1 aromatic carbocycles. The summed E-state index contributed by atoms with van der Waals surface area (Å²) in [5, 5.41) is 3.36. The van der Waals surface area contributed by atoms with Crippen LogP contribution in [-0.4, -0.2) is 43.5 Å². The second kappa shape index (κ2) is 7.46. The third kappa shape index (κ3) is 4.21. The molecule has 4 nitrogen and oxygen atoms in total. The fraction of sp³-hybridized carbons (Fsp3) is 0.588. The summed E-state index contributed by atoms with van der Waals surface area (Å²) in [5.74, 6) is 0.189. The first-order chi connectivity index (χ1) is 10.1. The molecule has 1 N–H and O–H groups in total. The summed E-state index contributed by atoms with van der Waals surface area (Å²) in [5.41, 5.74) is 3.96. The number of anilines is 1. The SMILES string of the molecule is CCNCc1ccc(N2CCCN(C(C)=O)CC2)c(C)c1. The Bertz CT molecular complexity index is 487. The Labute approximate surface area is 128 Å². The van der Waals surface area contributed by atoms with Crippen molar-refractivity contribution in [1.82, 2.24) is 10.2 Å². The molecular formula is C17H27N3O. The number of benzene rings is 1. The smallest absolute Gasteiger partial charge is 0.219 e. The summed E-state index contributed by atoms with van der Waals surface area (Å²) in [6.45, 7) is 11.5. The van der Waals surface area contributed by atoms with Gasteiger partial charge in [-0.2, -0.15) is 0 Å². The lowest BCUT2D eigenvalue weighted by molar-refractivity contribution is -0.128. The predicted octanol–water partition coefficient (Wildman–Crippen LogP) is 2.16. The van der Waals surface area contributed by atoms with Crippen molar-refractivity contribution >= 4 is 11.6 Å². The van der Waals surface area contributed by atoms with Crippen LogP contribution in [0.3, 0.4) is 0 Å². The van der Waals surface area contributed by atoms with Gasteiger partial charge in [0.1, 0.15) is 0 Å². The van der Waals surface area contributed by atoms with E-state index in [-0.39, 0.29) is 5.91 Å². The van der Waals surface area contributed by atoms with Gasteiger partial charge in [0.25, 0.3) is 0 Å². The zero-order valence-corrected chi connectivity index (χ0v) is 13.5. The lowest BCUT2D eigenvalue weighted by Gasteiger charge is -2.25. The van der Waals surface area contributed by atoms with E-state index in [0.29, 0.717) is 0 Å². The highest BCUT2D eigenvalue weighted by molar-refractivity contribution is 5.73. The van der Waals surface area contributed by atoms with Gasteiger partial charge in [-0.25, -0.2) is 0 Å². The molecule has 0 aliphatic carbocycles. The molecule has 1 aromatic rings. The number of hydrogen-bond donors (Lipinski definition) is 1. The zero-order chi connectivity index (χ0) is 15.2.